The highest BCUT2D eigenvalue weighted by Gasteiger charge is 2.19. The minimum atomic E-state index is -3.75. The van der Waals surface area contributed by atoms with Crippen molar-refractivity contribution in [3.63, 3.8) is 0 Å². The molecule has 0 aliphatic heterocycles. The highest BCUT2D eigenvalue weighted by molar-refractivity contribution is 7.47. The molecule has 22 heavy (non-hydrogen) atoms. The summed E-state index contributed by atoms with van der Waals surface area (Å²) in [6, 6.07) is 10.3. The predicted molar refractivity (Wildman–Crippen MR) is 92.3 cm³/mol. The molecule has 0 atom stereocenters. The van der Waals surface area contributed by atoms with Crippen molar-refractivity contribution < 1.29 is 18.5 Å². The average Bonchev–Trinajstić information content (AvgIpc) is 2.49. The lowest BCUT2D eigenvalue weighted by Gasteiger charge is -2.10. The Bertz CT molecular complexity index is 398. The second kappa shape index (κ2) is 12.7. The maximum atomic E-state index is 11.1. The quantitative estimate of drug-likeness (QED) is 0.534. The second-order valence-electron chi connectivity index (χ2n) is 5.07. The van der Waals surface area contributed by atoms with Crippen LogP contribution in [0.4, 0.5) is 5.69 Å². The van der Waals surface area contributed by atoms with Gasteiger partial charge in [-0.25, -0.2) is 4.57 Å². The average molecular weight is 331 g/mol. The van der Waals surface area contributed by atoms with Crippen LogP contribution in [0.25, 0.3) is 0 Å². The van der Waals surface area contributed by atoms with Gasteiger partial charge < -0.3 is 9.79 Å². The minimum Gasteiger partial charge on any atom is -0.378 e. The summed E-state index contributed by atoms with van der Waals surface area (Å²) in [5.41, 5.74) is 1.25. The Labute approximate surface area is 134 Å². The smallest absolute Gasteiger partial charge is 0.378 e. The van der Waals surface area contributed by atoms with E-state index in [9.17, 15) is 4.57 Å². The van der Waals surface area contributed by atoms with E-state index >= 15 is 0 Å². The summed E-state index contributed by atoms with van der Waals surface area (Å²) in [6.45, 7) is 4.56. The van der Waals surface area contributed by atoms with Crippen molar-refractivity contribution in [2.24, 2.45) is 0 Å². The van der Waals surface area contributed by atoms with E-state index in [-0.39, 0.29) is 13.2 Å². The Morgan fingerprint density at radius 2 is 1.45 bits per heavy atom. The number of unbranched alkanes of at least 4 members (excludes halogenated alkanes) is 2. The number of rotatable bonds is 9. The van der Waals surface area contributed by atoms with Gasteiger partial charge in [0.15, 0.2) is 0 Å². The molecule has 1 aromatic carbocycles. The first kappa shape index (κ1) is 21.1. The summed E-state index contributed by atoms with van der Waals surface area (Å²) in [7, 11) is 0.322. The van der Waals surface area contributed by atoms with Crippen LogP contribution in [-0.2, 0) is 13.6 Å². The molecule has 6 heteroatoms. The van der Waals surface area contributed by atoms with Gasteiger partial charge in [-0.1, -0.05) is 44.9 Å². The van der Waals surface area contributed by atoms with Crippen molar-refractivity contribution in [1.82, 2.24) is 0 Å². The van der Waals surface area contributed by atoms with Gasteiger partial charge in [0.1, 0.15) is 0 Å². The molecule has 0 aliphatic rings. The normalized spacial score (nSPS) is 10.8. The molecule has 128 valence electrons. The van der Waals surface area contributed by atoms with Crippen LogP contribution in [0.3, 0.4) is 0 Å². The summed E-state index contributed by atoms with van der Waals surface area (Å²) in [5.74, 6) is 0. The molecule has 0 unspecified atom stereocenters. The van der Waals surface area contributed by atoms with Crippen LogP contribution in [0.5, 0.6) is 0 Å². The number of para-hydroxylation sites is 1. The number of nitrogens with zero attached hydrogens (tertiary/aromatic N) is 1. The highest BCUT2D eigenvalue weighted by Crippen LogP contribution is 2.43. The van der Waals surface area contributed by atoms with Gasteiger partial charge in [-0.2, -0.15) is 0 Å². The maximum absolute atomic E-state index is 11.1. The van der Waals surface area contributed by atoms with Gasteiger partial charge in [0, 0.05) is 19.8 Å². The van der Waals surface area contributed by atoms with Gasteiger partial charge in [-0.15, -0.1) is 0 Å². The predicted octanol–water partition coefficient (Wildman–Crippen LogP) is 4.47. The summed E-state index contributed by atoms with van der Waals surface area (Å²) >= 11 is 0. The molecule has 0 spiro atoms. The molecule has 0 heterocycles. The zero-order chi connectivity index (χ0) is 16.8. The molecule has 5 nitrogen and oxygen atoms in total. The first-order valence-corrected chi connectivity index (χ1v) is 9.26. The molecule has 0 saturated carbocycles. The van der Waals surface area contributed by atoms with E-state index in [2.05, 4.69) is 17.0 Å². The molecule has 1 aromatic rings. The Kier molecular flexibility index (Phi) is 12.2. The molecule has 1 N–H and O–H groups in total. The van der Waals surface area contributed by atoms with Crippen LogP contribution in [-0.4, -0.2) is 32.2 Å². The van der Waals surface area contributed by atoms with Crippen LogP contribution in [0.1, 0.15) is 39.5 Å². The molecular formula is C16H30NO4P. The van der Waals surface area contributed by atoms with Crippen molar-refractivity contribution in [2.75, 3.05) is 32.2 Å². The third kappa shape index (κ3) is 11.8. The maximum Gasteiger partial charge on any atom is 0.472 e. The monoisotopic (exact) mass is 331 g/mol. The lowest BCUT2D eigenvalue weighted by atomic mass is 10.3. The topological polar surface area (TPSA) is 59.0 Å². The molecule has 0 aliphatic carbocycles. The van der Waals surface area contributed by atoms with Crippen molar-refractivity contribution in [2.45, 2.75) is 39.5 Å². The van der Waals surface area contributed by atoms with Gasteiger partial charge in [-0.3, -0.25) is 9.05 Å². The molecule has 0 amide bonds. The lowest BCUT2D eigenvalue weighted by Crippen LogP contribution is -2.07. The van der Waals surface area contributed by atoms with E-state index in [1.54, 1.807) is 0 Å². The molecule has 0 aromatic heterocycles. The van der Waals surface area contributed by atoms with Crippen molar-refractivity contribution >= 4 is 13.5 Å². The first-order valence-electron chi connectivity index (χ1n) is 7.77. The fourth-order valence-electron chi connectivity index (χ4n) is 1.41. The van der Waals surface area contributed by atoms with Gasteiger partial charge >= 0.3 is 7.82 Å². The summed E-state index contributed by atoms with van der Waals surface area (Å²) < 4.78 is 20.5. The molecule has 1 rings (SSSR count). The summed E-state index contributed by atoms with van der Waals surface area (Å²) in [4.78, 5) is 11.2. The standard InChI is InChI=1S/C8H11N.C8H19O4P/c1-9(2)8-6-4-3-5-7-8;1-3-5-7-11-13(9,10)12-8-6-4-2/h3-7H,1-2H3;3-8H2,1-2H3,(H,9,10). The van der Waals surface area contributed by atoms with Gasteiger partial charge in [0.2, 0.25) is 0 Å². The number of hydrogen-bond donors (Lipinski definition) is 1. The van der Waals surface area contributed by atoms with E-state index in [1.807, 2.05) is 46.1 Å². The Hall–Kier alpha value is -0.870. The van der Waals surface area contributed by atoms with Crippen LogP contribution in [0, 0.1) is 0 Å². The van der Waals surface area contributed by atoms with Crippen molar-refractivity contribution in [1.29, 1.82) is 0 Å². The van der Waals surface area contributed by atoms with Crippen LogP contribution in [0.15, 0.2) is 30.3 Å². The first-order chi connectivity index (χ1) is 10.4. The fourth-order valence-corrected chi connectivity index (χ4v) is 2.21. The molecule has 0 radical (unpaired) electrons. The summed E-state index contributed by atoms with van der Waals surface area (Å²) in [5, 5.41) is 0. The molecule has 0 saturated heterocycles. The Balaban J connectivity index is 0.000000425. The van der Waals surface area contributed by atoms with Crippen LogP contribution >= 0.6 is 7.82 Å². The highest BCUT2D eigenvalue weighted by atomic mass is 31.2. The third-order valence-corrected chi connectivity index (χ3v) is 3.79. The third-order valence-electron chi connectivity index (χ3n) is 2.78. The molecule has 0 fully saturated rings. The van der Waals surface area contributed by atoms with E-state index in [1.165, 1.54) is 5.69 Å². The van der Waals surface area contributed by atoms with Crippen LogP contribution in [0.2, 0.25) is 0 Å². The number of anilines is 1. The number of phosphoric ester groups is 1. The zero-order valence-corrected chi connectivity index (χ0v) is 15.1. The summed E-state index contributed by atoms with van der Waals surface area (Å²) in [6.07, 6.45) is 3.44. The van der Waals surface area contributed by atoms with Gasteiger partial charge in [0.25, 0.3) is 0 Å². The van der Waals surface area contributed by atoms with Gasteiger partial charge in [0.05, 0.1) is 13.2 Å². The SMILES string of the molecule is CCCCOP(=O)(O)OCCCC.CN(C)c1ccccc1. The van der Waals surface area contributed by atoms with Crippen molar-refractivity contribution in [3.8, 4) is 0 Å². The van der Waals surface area contributed by atoms with Crippen LogP contribution < -0.4 is 4.90 Å². The number of phosphoric acid groups is 1. The van der Waals surface area contributed by atoms with E-state index in [0.717, 1.165) is 25.7 Å². The largest absolute Gasteiger partial charge is 0.472 e. The lowest BCUT2D eigenvalue weighted by molar-refractivity contribution is 0.146. The van der Waals surface area contributed by atoms with E-state index in [4.69, 9.17) is 13.9 Å². The fraction of sp³-hybridized carbons (Fsp3) is 0.625. The zero-order valence-electron chi connectivity index (χ0n) is 14.2. The minimum absolute atomic E-state index is 0.288. The number of hydrogen-bond acceptors (Lipinski definition) is 4. The van der Waals surface area contributed by atoms with Crippen molar-refractivity contribution in [3.05, 3.63) is 30.3 Å². The second-order valence-corrected chi connectivity index (χ2v) is 6.53. The molecular weight excluding hydrogens is 301 g/mol. The Morgan fingerprint density at radius 1 is 1.00 bits per heavy atom. The van der Waals surface area contributed by atoms with E-state index < -0.39 is 7.82 Å². The number of benzene rings is 1. The van der Waals surface area contributed by atoms with Gasteiger partial charge in [-0.05, 0) is 25.0 Å². The van der Waals surface area contributed by atoms with E-state index in [0.29, 0.717) is 0 Å². The molecule has 0 bridgehead atoms. The Morgan fingerprint density at radius 3 is 1.77 bits per heavy atom.